The predicted molar refractivity (Wildman–Crippen MR) is 145 cm³/mol. The highest BCUT2D eigenvalue weighted by atomic mass is 35.5. The van der Waals surface area contributed by atoms with E-state index < -0.39 is 48.1 Å². The Morgan fingerprint density at radius 3 is 2.50 bits per heavy atom. The molecule has 0 aliphatic carbocycles. The zero-order chi connectivity index (χ0) is 29.4. The van der Waals surface area contributed by atoms with Gasteiger partial charge in [-0.05, 0) is 24.3 Å². The molecule has 1 aromatic heterocycles. The molecular weight excluding hydrogens is 573 g/mol. The van der Waals surface area contributed by atoms with Crippen LogP contribution in [0.25, 0.3) is 17.0 Å². The van der Waals surface area contributed by atoms with Crippen LogP contribution in [0.5, 0.6) is 0 Å². The zero-order valence-corrected chi connectivity index (χ0v) is 22.6. The molecular formula is C29H24ClF3N6O3. The lowest BCUT2D eigenvalue weighted by Crippen LogP contribution is -2.53. The van der Waals surface area contributed by atoms with Gasteiger partial charge in [0.25, 0.3) is 0 Å². The van der Waals surface area contributed by atoms with E-state index in [-0.39, 0.29) is 35.7 Å². The van der Waals surface area contributed by atoms with Crippen LogP contribution < -0.4 is 5.73 Å². The molecule has 2 aliphatic heterocycles. The first-order valence-corrected chi connectivity index (χ1v) is 13.4. The molecule has 0 saturated carbocycles. The average Bonchev–Trinajstić information content (AvgIpc) is 3.50. The number of rotatable bonds is 6. The van der Waals surface area contributed by atoms with Crippen LogP contribution in [0.3, 0.4) is 0 Å². The molecule has 5 unspecified atom stereocenters. The van der Waals surface area contributed by atoms with E-state index in [1.807, 2.05) is 30.3 Å². The third-order valence-corrected chi connectivity index (χ3v) is 7.51. The van der Waals surface area contributed by atoms with Crippen molar-refractivity contribution < 1.29 is 27.4 Å². The topological polar surface area (TPSA) is 121 Å². The lowest BCUT2D eigenvalue weighted by atomic mass is 9.92. The van der Waals surface area contributed by atoms with Gasteiger partial charge in [0.1, 0.15) is 29.7 Å². The van der Waals surface area contributed by atoms with Crippen LogP contribution in [0.1, 0.15) is 29.9 Å². The van der Waals surface area contributed by atoms with Gasteiger partial charge in [-0.25, -0.2) is 23.4 Å². The fourth-order valence-corrected chi connectivity index (χ4v) is 5.42. The first-order chi connectivity index (χ1) is 20.3. The number of nitrogens with zero attached hydrogens (tertiary/aromatic N) is 4. The highest BCUT2D eigenvalue weighted by Gasteiger charge is 2.47. The Bertz CT molecular complexity index is 1630. The van der Waals surface area contributed by atoms with E-state index in [4.69, 9.17) is 37.1 Å². The van der Waals surface area contributed by atoms with Crippen molar-refractivity contribution in [3.63, 3.8) is 0 Å². The minimum absolute atomic E-state index is 0.0137. The number of ether oxygens (including phenoxy) is 3. The summed E-state index contributed by atoms with van der Waals surface area (Å²) in [5, 5.41) is 12.5. The molecule has 3 N–H and O–H groups in total. The normalized spacial score (nSPS) is 24.5. The molecule has 3 aromatic carbocycles. The SMILES string of the molecule is N=N/C(=C(\N)c1cccc(Cl)c1)C1CC(n2cc(-c3cc(F)c(F)c(F)c3)nn2)C2OC(c3ccccc3)OCC2O1. The van der Waals surface area contributed by atoms with Gasteiger partial charge in [0, 0.05) is 28.1 Å². The van der Waals surface area contributed by atoms with Gasteiger partial charge in [-0.1, -0.05) is 59.3 Å². The van der Waals surface area contributed by atoms with Gasteiger partial charge >= 0.3 is 0 Å². The summed E-state index contributed by atoms with van der Waals surface area (Å²) in [6, 6.07) is 17.4. The van der Waals surface area contributed by atoms with Crippen LogP contribution in [0, 0.1) is 23.0 Å². The Hall–Kier alpha value is -4.10. The number of fused-ring (bicyclic) bond motifs is 1. The standard InChI is InChI=1S/C29H24ClF3N6O3/c30-18-8-4-7-16(9-18)26(34)27(36-35)23-12-22(28-24(41-23)14-40-29(42-28)15-5-2-1-3-6-15)39-13-21(37-38-39)17-10-19(31)25(33)20(32)11-17/h1-11,13,22-24,28-29,35H,12,14,34H2/b27-26-,36-35?. The molecule has 3 heterocycles. The maximum Gasteiger partial charge on any atom is 0.194 e. The van der Waals surface area contributed by atoms with Crippen molar-refractivity contribution in [1.82, 2.24) is 15.0 Å². The van der Waals surface area contributed by atoms with E-state index >= 15 is 0 Å². The molecule has 0 amide bonds. The predicted octanol–water partition coefficient (Wildman–Crippen LogP) is 6.19. The lowest BCUT2D eigenvalue weighted by molar-refractivity contribution is -0.297. The van der Waals surface area contributed by atoms with Crippen molar-refractivity contribution in [2.75, 3.05) is 6.61 Å². The molecule has 13 heteroatoms. The van der Waals surface area contributed by atoms with Gasteiger partial charge in [-0.15, -0.1) is 5.10 Å². The van der Waals surface area contributed by atoms with Gasteiger partial charge in [-0.2, -0.15) is 5.11 Å². The zero-order valence-electron chi connectivity index (χ0n) is 21.8. The highest BCUT2D eigenvalue weighted by Crippen LogP contribution is 2.41. The summed E-state index contributed by atoms with van der Waals surface area (Å²) in [6.45, 7) is 0.148. The average molecular weight is 597 g/mol. The summed E-state index contributed by atoms with van der Waals surface area (Å²) in [5.41, 5.74) is 16.3. The van der Waals surface area contributed by atoms with Crippen molar-refractivity contribution in [2.24, 2.45) is 10.8 Å². The molecule has 42 heavy (non-hydrogen) atoms. The van der Waals surface area contributed by atoms with E-state index in [2.05, 4.69) is 15.4 Å². The number of nitrogens with one attached hydrogen (secondary N) is 1. The summed E-state index contributed by atoms with van der Waals surface area (Å²) < 4.78 is 61.7. The van der Waals surface area contributed by atoms with Gasteiger partial charge in [0.05, 0.1) is 24.5 Å². The fourth-order valence-electron chi connectivity index (χ4n) is 5.23. The third-order valence-electron chi connectivity index (χ3n) is 7.27. The largest absolute Gasteiger partial charge is 0.397 e. The summed E-state index contributed by atoms with van der Waals surface area (Å²) >= 11 is 6.16. The molecule has 5 atom stereocenters. The quantitative estimate of drug-likeness (QED) is 0.202. The molecule has 6 rings (SSSR count). The van der Waals surface area contributed by atoms with Crippen LogP contribution >= 0.6 is 11.6 Å². The second kappa shape index (κ2) is 11.6. The first kappa shape index (κ1) is 28.0. The van der Waals surface area contributed by atoms with E-state index in [0.717, 1.165) is 17.7 Å². The van der Waals surface area contributed by atoms with Crippen LogP contribution in [0.15, 0.2) is 83.7 Å². The number of hydrogen-bond acceptors (Lipinski definition) is 8. The Morgan fingerprint density at radius 2 is 1.79 bits per heavy atom. The summed E-state index contributed by atoms with van der Waals surface area (Å²) in [4.78, 5) is 0. The number of hydrogen-bond donors (Lipinski definition) is 2. The van der Waals surface area contributed by atoms with Crippen molar-refractivity contribution in [3.05, 3.63) is 112 Å². The molecule has 2 aliphatic rings. The Morgan fingerprint density at radius 1 is 1.02 bits per heavy atom. The van der Waals surface area contributed by atoms with Gasteiger partial charge < -0.3 is 19.9 Å². The molecule has 0 radical (unpaired) electrons. The monoisotopic (exact) mass is 596 g/mol. The summed E-state index contributed by atoms with van der Waals surface area (Å²) in [6.07, 6.45) is -0.987. The molecule has 2 saturated heterocycles. The van der Waals surface area contributed by atoms with Gasteiger partial charge in [0.15, 0.2) is 23.7 Å². The Labute approximate surface area is 243 Å². The van der Waals surface area contributed by atoms with E-state index in [1.54, 1.807) is 24.3 Å². The second-order valence-corrected chi connectivity index (χ2v) is 10.3. The van der Waals surface area contributed by atoms with Crippen LogP contribution in [-0.4, -0.2) is 39.9 Å². The minimum Gasteiger partial charge on any atom is -0.397 e. The Kier molecular flexibility index (Phi) is 7.78. The van der Waals surface area contributed by atoms with Crippen molar-refractivity contribution in [3.8, 4) is 11.3 Å². The number of benzene rings is 3. The molecule has 216 valence electrons. The van der Waals surface area contributed by atoms with E-state index in [0.29, 0.717) is 10.6 Å². The van der Waals surface area contributed by atoms with Crippen LogP contribution in [0.2, 0.25) is 5.02 Å². The number of aromatic nitrogens is 3. The van der Waals surface area contributed by atoms with E-state index in [9.17, 15) is 13.2 Å². The fraction of sp³-hybridized carbons (Fsp3) is 0.241. The highest BCUT2D eigenvalue weighted by molar-refractivity contribution is 6.30. The molecule has 4 aromatic rings. The smallest absolute Gasteiger partial charge is 0.194 e. The maximum atomic E-state index is 14.0. The number of nitrogens with two attached hydrogens (primary N) is 1. The summed E-state index contributed by atoms with van der Waals surface area (Å²) in [7, 11) is 0. The number of halogens is 4. The van der Waals surface area contributed by atoms with Crippen molar-refractivity contribution in [2.45, 2.75) is 37.1 Å². The molecule has 0 spiro atoms. The lowest BCUT2D eigenvalue weighted by Gasteiger charge is -2.46. The Balaban J connectivity index is 1.37. The van der Waals surface area contributed by atoms with Gasteiger partial charge in [0.2, 0.25) is 0 Å². The molecule has 9 nitrogen and oxygen atoms in total. The first-order valence-electron chi connectivity index (χ1n) is 13.0. The third kappa shape index (κ3) is 5.41. The van der Waals surface area contributed by atoms with Crippen molar-refractivity contribution >= 4 is 17.3 Å². The summed E-state index contributed by atoms with van der Waals surface area (Å²) in [5.74, 6) is -4.25. The van der Waals surface area contributed by atoms with Crippen molar-refractivity contribution in [1.29, 1.82) is 5.53 Å². The van der Waals surface area contributed by atoms with E-state index in [1.165, 1.54) is 10.9 Å². The second-order valence-electron chi connectivity index (χ2n) is 9.90. The maximum absolute atomic E-state index is 14.0. The van der Waals surface area contributed by atoms with Crippen LogP contribution in [-0.2, 0) is 14.2 Å². The molecule has 0 bridgehead atoms. The molecule has 2 fully saturated rings. The van der Waals surface area contributed by atoms with Gasteiger partial charge in [-0.3, -0.25) is 0 Å². The minimum atomic E-state index is -1.57. The van der Waals surface area contributed by atoms with Crippen LogP contribution in [0.4, 0.5) is 13.2 Å².